The predicted molar refractivity (Wildman–Crippen MR) is 77.7 cm³/mol. The summed E-state index contributed by atoms with van der Waals surface area (Å²) < 4.78 is 0. The third-order valence-corrected chi connectivity index (χ3v) is 3.44. The molecule has 1 aliphatic rings. The number of nitrogens with two attached hydrogens (primary N) is 1. The van der Waals surface area contributed by atoms with Gasteiger partial charge in [0.25, 0.3) is 0 Å². The molecule has 0 amide bonds. The molecular weight excluding hydrogens is 252 g/mol. The van der Waals surface area contributed by atoms with E-state index in [0.717, 1.165) is 0 Å². The number of hydrogen-bond acceptors (Lipinski definition) is 4. The minimum atomic E-state index is -0.209. The maximum Gasteiger partial charge on any atom is 0.196 e. The van der Waals surface area contributed by atoms with Crippen LogP contribution in [0.3, 0.4) is 0 Å². The van der Waals surface area contributed by atoms with Gasteiger partial charge in [0, 0.05) is 35.5 Å². The highest BCUT2D eigenvalue weighted by atomic mass is 16.1. The average molecular weight is 264 g/mol. The molecule has 0 saturated carbocycles. The number of carbonyl (C=O) groups excluding carboxylic acids is 2. The highest BCUT2D eigenvalue weighted by Crippen LogP contribution is 2.32. The normalized spacial score (nSPS) is 13.4. The fourth-order valence-electron chi connectivity index (χ4n) is 2.48. The summed E-state index contributed by atoms with van der Waals surface area (Å²) in [6.07, 6.45) is 1.58. The Labute approximate surface area is 116 Å². The molecule has 0 unspecified atom stereocenters. The summed E-state index contributed by atoms with van der Waals surface area (Å²) in [6.45, 7) is 0. The van der Waals surface area contributed by atoms with Gasteiger partial charge in [0.2, 0.25) is 0 Å². The van der Waals surface area contributed by atoms with Crippen LogP contribution in [0.1, 0.15) is 37.4 Å². The topological polar surface area (TPSA) is 72.5 Å². The maximum absolute atomic E-state index is 12.6. The Hall–Kier alpha value is -2.75. The Morgan fingerprint density at radius 3 is 2.25 bits per heavy atom. The van der Waals surface area contributed by atoms with Crippen LogP contribution in [0.2, 0.25) is 0 Å². The quantitative estimate of drug-likeness (QED) is 0.540. The highest BCUT2D eigenvalue weighted by Gasteiger charge is 2.31. The van der Waals surface area contributed by atoms with E-state index in [1.807, 2.05) is 0 Å². The molecule has 0 fully saturated rings. The van der Waals surface area contributed by atoms with Gasteiger partial charge in [-0.3, -0.25) is 14.6 Å². The van der Waals surface area contributed by atoms with E-state index in [2.05, 4.69) is 4.99 Å². The van der Waals surface area contributed by atoms with Crippen LogP contribution in [-0.4, -0.2) is 24.8 Å². The summed E-state index contributed by atoms with van der Waals surface area (Å²) in [7, 11) is 1.63. The first-order valence-electron chi connectivity index (χ1n) is 6.18. The van der Waals surface area contributed by atoms with Crippen LogP contribution in [0.4, 0.5) is 5.69 Å². The molecule has 4 heteroatoms. The Balaban J connectivity index is 2.31. The Bertz CT molecular complexity index is 776. The van der Waals surface area contributed by atoms with E-state index in [-0.39, 0.29) is 17.1 Å². The fourth-order valence-corrected chi connectivity index (χ4v) is 2.48. The molecule has 0 aromatic heterocycles. The first-order chi connectivity index (χ1) is 9.65. The van der Waals surface area contributed by atoms with Crippen LogP contribution in [-0.2, 0) is 0 Å². The summed E-state index contributed by atoms with van der Waals surface area (Å²) in [5.41, 5.74) is 8.47. The van der Waals surface area contributed by atoms with Crippen molar-refractivity contribution in [3.05, 3.63) is 64.2 Å². The van der Waals surface area contributed by atoms with Gasteiger partial charge in [-0.15, -0.1) is 0 Å². The van der Waals surface area contributed by atoms with Gasteiger partial charge in [0.15, 0.2) is 11.6 Å². The molecule has 2 aromatic carbocycles. The largest absolute Gasteiger partial charge is 0.398 e. The standard InChI is InChI=1S/C16H12N2O2/c1-18-8-9-6-7-12-13(14(9)17)16(20)11-5-3-2-4-10(11)15(12)19/h2-8H,17H2,1H3. The van der Waals surface area contributed by atoms with Crippen molar-refractivity contribution in [2.45, 2.75) is 0 Å². The molecule has 0 radical (unpaired) electrons. The highest BCUT2D eigenvalue weighted by molar-refractivity contribution is 6.30. The van der Waals surface area contributed by atoms with Crippen LogP contribution < -0.4 is 5.73 Å². The van der Waals surface area contributed by atoms with Gasteiger partial charge in [-0.25, -0.2) is 0 Å². The Morgan fingerprint density at radius 1 is 0.950 bits per heavy atom. The van der Waals surface area contributed by atoms with Crippen LogP contribution >= 0.6 is 0 Å². The van der Waals surface area contributed by atoms with Gasteiger partial charge < -0.3 is 5.73 Å². The second-order valence-electron chi connectivity index (χ2n) is 4.58. The van der Waals surface area contributed by atoms with Gasteiger partial charge >= 0.3 is 0 Å². The zero-order chi connectivity index (χ0) is 14.3. The second kappa shape index (κ2) is 4.42. The van der Waals surface area contributed by atoms with E-state index in [0.29, 0.717) is 27.9 Å². The van der Waals surface area contributed by atoms with Crippen molar-refractivity contribution in [3.63, 3.8) is 0 Å². The molecule has 1 aliphatic carbocycles. The molecule has 3 rings (SSSR count). The van der Waals surface area contributed by atoms with Gasteiger partial charge in [0.1, 0.15) is 0 Å². The Kier molecular flexibility index (Phi) is 2.71. The lowest BCUT2D eigenvalue weighted by molar-refractivity contribution is 0.0979. The van der Waals surface area contributed by atoms with Gasteiger partial charge in [0.05, 0.1) is 11.3 Å². The van der Waals surface area contributed by atoms with E-state index in [1.54, 1.807) is 49.7 Å². The molecule has 0 spiro atoms. The van der Waals surface area contributed by atoms with Crippen LogP contribution in [0.5, 0.6) is 0 Å². The van der Waals surface area contributed by atoms with Crippen molar-refractivity contribution < 1.29 is 9.59 Å². The Morgan fingerprint density at radius 2 is 1.60 bits per heavy atom. The van der Waals surface area contributed by atoms with Crippen molar-refractivity contribution in [1.29, 1.82) is 0 Å². The van der Waals surface area contributed by atoms with Crippen molar-refractivity contribution >= 4 is 23.5 Å². The number of hydrogen-bond donors (Lipinski definition) is 1. The minimum absolute atomic E-state index is 0.165. The number of nitrogens with zero attached hydrogens (tertiary/aromatic N) is 1. The molecule has 2 aromatic rings. The van der Waals surface area contributed by atoms with Crippen LogP contribution in [0, 0.1) is 0 Å². The lowest BCUT2D eigenvalue weighted by Crippen LogP contribution is -2.22. The summed E-state index contributed by atoms with van der Waals surface area (Å²) in [5, 5.41) is 0. The SMILES string of the molecule is CN=Cc1ccc2c(c1N)C(=O)c1ccccc1C2=O. The van der Waals surface area contributed by atoms with Crippen LogP contribution in [0.25, 0.3) is 0 Å². The summed E-state index contributed by atoms with van der Waals surface area (Å²) >= 11 is 0. The van der Waals surface area contributed by atoms with Crippen molar-refractivity contribution in [2.24, 2.45) is 4.99 Å². The predicted octanol–water partition coefficient (Wildman–Crippen LogP) is 2.09. The third-order valence-electron chi connectivity index (χ3n) is 3.44. The summed E-state index contributed by atoms with van der Waals surface area (Å²) in [4.78, 5) is 28.9. The third kappa shape index (κ3) is 1.58. The average Bonchev–Trinajstić information content (AvgIpc) is 2.47. The number of ketones is 2. The molecule has 98 valence electrons. The van der Waals surface area contributed by atoms with Crippen molar-refractivity contribution in [3.8, 4) is 0 Å². The van der Waals surface area contributed by atoms with E-state index in [4.69, 9.17) is 5.73 Å². The number of rotatable bonds is 1. The number of anilines is 1. The van der Waals surface area contributed by atoms with Gasteiger partial charge in [-0.05, 0) is 6.07 Å². The molecule has 4 nitrogen and oxygen atoms in total. The number of benzene rings is 2. The maximum atomic E-state index is 12.6. The lowest BCUT2D eigenvalue weighted by atomic mass is 9.82. The van der Waals surface area contributed by atoms with E-state index in [1.165, 1.54) is 0 Å². The van der Waals surface area contributed by atoms with Crippen molar-refractivity contribution in [1.82, 2.24) is 0 Å². The van der Waals surface area contributed by atoms with E-state index in [9.17, 15) is 9.59 Å². The summed E-state index contributed by atoms with van der Waals surface area (Å²) in [6, 6.07) is 10.1. The number of fused-ring (bicyclic) bond motifs is 2. The zero-order valence-corrected chi connectivity index (χ0v) is 10.9. The molecule has 0 bridgehead atoms. The molecular formula is C16H12N2O2. The first-order valence-corrected chi connectivity index (χ1v) is 6.18. The molecule has 20 heavy (non-hydrogen) atoms. The van der Waals surface area contributed by atoms with Gasteiger partial charge in [-0.1, -0.05) is 30.3 Å². The monoisotopic (exact) mass is 264 g/mol. The summed E-state index contributed by atoms with van der Waals surface area (Å²) in [5.74, 6) is -0.374. The number of nitrogen functional groups attached to an aromatic ring is 1. The molecule has 0 saturated heterocycles. The van der Waals surface area contributed by atoms with Crippen LogP contribution in [0.15, 0.2) is 41.4 Å². The zero-order valence-electron chi connectivity index (χ0n) is 10.9. The fraction of sp³-hybridized carbons (Fsp3) is 0.0625. The molecule has 2 N–H and O–H groups in total. The molecule has 0 heterocycles. The number of carbonyl (C=O) groups is 2. The minimum Gasteiger partial charge on any atom is -0.398 e. The van der Waals surface area contributed by atoms with E-state index < -0.39 is 0 Å². The first kappa shape index (κ1) is 12.3. The van der Waals surface area contributed by atoms with E-state index >= 15 is 0 Å². The molecule has 0 aliphatic heterocycles. The van der Waals surface area contributed by atoms with Crippen molar-refractivity contribution in [2.75, 3.05) is 12.8 Å². The smallest absolute Gasteiger partial charge is 0.196 e. The van der Waals surface area contributed by atoms with Gasteiger partial charge in [-0.2, -0.15) is 0 Å². The lowest BCUT2D eigenvalue weighted by Gasteiger charge is -2.19. The second-order valence-corrected chi connectivity index (χ2v) is 4.58. The molecule has 0 atom stereocenters. The number of aliphatic imine (C=N–C) groups is 1.